The Bertz CT molecular complexity index is 519. The maximum absolute atomic E-state index is 12.4. The molecule has 1 aliphatic heterocycles. The van der Waals surface area contributed by atoms with Gasteiger partial charge in [0.05, 0.1) is 5.37 Å². The minimum Gasteiger partial charge on any atom is -0.480 e. The molecule has 0 saturated carbocycles. The van der Waals surface area contributed by atoms with Gasteiger partial charge in [0.2, 0.25) is 0 Å². The van der Waals surface area contributed by atoms with E-state index >= 15 is 0 Å². The topological polar surface area (TPSA) is 57.6 Å². The lowest BCUT2D eigenvalue weighted by atomic mass is 10.1. The maximum Gasteiger partial charge on any atom is 0.327 e. The fourth-order valence-electron chi connectivity index (χ4n) is 1.97. The third kappa shape index (κ3) is 3.07. The van der Waals surface area contributed by atoms with E-state index in [0.717, 1.165) is 0 Å². The largest absolute Gasteiger partial charge is 0.480 e. The molecule has 1 aromatic carbocycles. The van der Waals surface area contributed by atoms with Gasteiger partial charge in [0.1, 0.15) is 6.04 Å². The average Bonchev–Trinajstić information content (AvgIpc) is 2.69. The van der Waals surface area contributed by atoms with E-state index < -0.39 is 12.0 Å². The van der Waals surface area contributed by atoms with E-state index in [1.807, 2.05) is 6.92 Å². The molecule has 2 rings (SSSR count). The number of carbonyl (C=O) groups is 2. The van der Waals surface area contributed by atoms with Crippen LogP contribution >= 0.6 is 39.3 Å². The van der Waals surface area contributed by atoms with E-state index in [2.05, 4.69) is 15.9 Å². The van der Waals surface area contributed by atoms with Crippen molar-refractivity contribution in [1.29, 1.82) is 0 Å². The SMILES string of the molecule is CC1SCC(C(=O)O)N1C(=O)c1cc(Cl)cc(Br)c1. The number of carboxylic acids is 1. The predicted molar refractivity (Wildman–Crippen MR) is 78.7 cm³/mol. The predicted octanol–water partition coefficient (Wildman–Crippen LogP) is 3.09. The molecule has 0 aliphatic carbocycles. The van der Waals surface area contributed by atoms with Gasteiger partial charge in [-0.15, -0.1) is 11.8 Å². The zero-order chi connectivity index (χ0) is 14.2. The van der Waals surface area contributed by atoms with Crippen molar-refractivity contribution in [2.45, 2.75) is 18.3 Å². The molecule has 1 aliphatic rings. The number of hydrogen-bond acceptors (Lipinski definition) is 3. The van der Waals surface area contributed by atoms with Crippen LogP contribution in [0.25, 0.3) is 0 Å². The van der Waals surface area contributed by atoms with Crippen LogP contribution in [0.2, 0.25) is 5.02 Å². The van der Waals surface area contributed by atoms with E-state index in [-0.39, 0.29) is 11.3 Å². The normalized spacial score (nSPS) is 22.6. The van der Waals surface area contributed by atoms with Crippen molar-refractivity contribution in [3.63, 3.8) is 0 Å². The Morgan fingerprint density at radius 2 is 2.16 bits per heavy atom. The van der Waals surface area contributed by atoms with Gasteiger partial charge in [-0.25, -0.2) is 4.79 Å². The van der Waals surface area contributed by atoms with Crippen LogP contribution < -0.4 is 0 Å². The molecule has 0 bridgehead atoms. The van der Waals surface area contributed by atoms with E-state index in [1.165, 1.54) is 16.7 Å². The number of carboxylic acid groups (broad SMARTS) is 1. The molecule has 4 nitrogen and oxygen atoms in total. The fraction of sp³-hybridized carbons (Fsp3) is 0.333. The van der Waals surface area contributed by atoms with Gasteiger partial charge in [-0.2, -0.15) is 0 Å². The molecule has 1 aromatic rings. The Hall–Kier alpha value is -0.720. The van der Waals surface area contributed by atoms with Crippen LogP contribution in [-0.2, 0) is 4.79 Å². The molecule has 1 fully saturated rings. The van der Waals surface area contributed by atoms with Crippen LogP contribution in [0.3, 0.4) is 0 Å². The first-order valence-electron chi connectivity index (χ1n) is 5.53. The number of amides is 1. The molecule has 102 valence electrons. The van der Waals surface area contributed by atoms with Crippen LogP contribution in [0.1, 0.15) is 17.3 Å². The molecule has 2 unspecified atom stereocenters. The molecule has 1 amide bonds. The van der Waals surface area contributed by atoms with Crippen molar-refractivity contribution >= 4 is 51.2 Å². The van der Waals surface area contributed by atoms with Crippen molar-refractivity contribution < 1.29 is 14.7 Å². The zero-order valence-electron chi connectivity index (χ0n) is 9.97. The quantitative estimate of drug-likeness (QED) is 0.876. The highest BCUT2D eigenvalue weighted by Crippen LogP contribution is 2.31. The van der Waals surface area contributed by atoms with Crippen molar-refractivity contribution in [2.24, 2.45) is 0 Å². The van der Waals surface area contributed by atoms with Gasteiger partial charge in [0.15, 0.2) is 0 Å². The van der Waals surface area contributed by atoms with Gasteiger partial charge in [-0.1, -0.05) is 27.5 Å². The number of nitrogens with zero attached hydrogens (tertiary/aromatic N) is 1. The third-order valence-corrected chi connectivity index (χ3v) is 4.75. The van der Waals surface area contributed by atoms with Gasteiger partial charge in [-0.3, -0.25) is 4.79 Å². The summed E-state index contributed by atoms with van der Waals surface area (Å²) in [5.41, 5.74) is 0.389. The average molecular weight is 365 g/mol. The highest BCUT2D eigenvalue weighted by molar-refractivity contribution is 9.10. The van der Waals surface area contributed by atoms with Crippen molar-refractivity contribution in [2.75, 3.05) is 5.75 Å². The first-order valence-corrected chi connectivity index (χ1v) is 7.75. The Morgan fingerprint density at radius 1 is 1.47 bits per heavy atom. The highest BCUT2D eigenvalue weighted by atomic mass is 79.9. The van der Waals surface area contributed by atoms with Crippen LogP contribution in [0.15, 0.2) is 22.7 Å². The van der Waals surface area contributed by atoms with Gasteiger partial charge < -0.3 is 10.0 Å². The molecule has 7 heteroatoms. The molecule has 0 radical (unpaired) electrons. The summed E-state index contributed by atoms with van der Waals surface area (Å²) < 4.78 is 0.690. The second kappa shape index (κ2) is 5.73. The molecular formula is C12H11BrClNO3S. The second-order valence-corrected chi connectivity index (χ2v) is 6.86. The number of aliphatic carboxylic acids is 1. The van der Waals surface area contributed by atoms with Crippen molar-refractivity contribution in [1.82, 2.24) is 4.90 Å². The minimum absolute atomic E-state index is 0.161. The summed E-state index contributed by atoms with van der Waals surface area (Å²) in [6, 6.07) is 4.08. The summed E-state index contributed by atoms with van der Waals surface area (Å²) >= 11 is 10.6. The Morgan fingerprint density at radius 3 is 2.74 bits per heavy atom. The first kappa shape index (κ1) is 14.7. The standard InChI is InChI=1S/C12H11BrClNO3S/c1-6-15(10(5-19-6)12(17)18)11(16)7-2-8(13)4-9(14)3-7/h2-4,6,10H,5H2,1H3,(H,17,18). The number of rotatable bonds is 2. The molecule has 19 heavy (non-hydrogen) atoms. The molecule has 1 heterocycles. The summed E-state index contributed by atoms with van der Waals surface area (Å²) in [6.45, 7) is 1.82. The molecule has 2 atom stereocenters. The molecule has 0 aromatic heterocycles. The van der Waals surface area contributed by atoms with Crippen LogP contribution in [-0.4, -0.2) is 39.1 Å². The number of carbonyl (C=O) groups excluding carboxylic acids is 1. The number of hydrogen-bond donors (Lipinski definition) is 1. The van der Waals surface area contributed by atoms with Gasteiger partial charge in [-0.05, 0) is 25.1 Å². The number of benzene rings is 1. The molecule has 1 saturated heterocycles. The van der Waals surface area contributed by atoms with Crippen LogP contribution in [0, 0.1) is 0 Å². The van der Waals surface area contributed by atoms with E-state index in [1.54, 1.807) is 18.2 Å². The summed E-state index contributed by atoms with van der Waals surface area (Å²) in [5.74, 6) is -0.886. The monoisotopic (exact) mass is 363 g/mol. The van der Waals surface area contributed by atoms with Gasteiger partial charge in [0, 0.05) is 20.8 Å². The second-order valence-electron chi connectivity index (χ2n) is 4.16. The molecule has 0 spiro atoms. The van der Waals surface area contributed by atoms with E-state index in [0.29, 0.717) is 20.8 Å². The van der Waals surface area contributed by atoms with Crippen LogP contribution in [0.4, 0.5) is 0 Å². The maximum atomic E-state index is 12.4. The van der Waals surface area contributed by atoms with Crippen LogP contribution in [0.5, 0.6) is 0 Å². The molecule has 1 N–H and O–H groups in total. The Kier molecular flexibility index (Phi) is 4.43. The summed E-state index contributed by atoms with van der Waals surface area (Å²) in [4.78, 5) is 25.0. The molecular weight excluding hydrogens is 354 g/mol. The van der Waals surface area contributed by atoms with E-state index in [9.17, 15) is 9.59 Å². The van der Waals surface area contributed by atoms with Crippen molar-refractivity contribution in [3.05, 3.63) is 33.3 Å². The zero-order valence-corrected chi connectivity index (χ0v) is 13.1. The smallest absolute Gasteiger partial charge is 0.327 e. The lowest BCUT2D eigenvalue weighted by Crippen LogP contribution is -2.44. The highest BCUT2D eigenvalue weighted by Gasteiger charge is 2.39. The third-order valence-electron chi connectivity index (χ3n) is 2.85. The Balaban J connectivity index is 2.34. The lowest BCUT2D eigenvalue weighted by molar-refractivity contribution is -0.141. The Labute approximate surface area is 128 Å². The summed E-state index contributed by atoms with van der Waals surface area (Å²) in [5, 5.41) is 9.44. The first-order chi connectivity index (χ1) is 8.90. The van der Waals surface area contributed by atoms with Gasteiger partial charge >= 0.3 is 5.97 Å². The summed E-state index contributed by atoms with van der Waals surface area (Å²) in [6.07, 6.45) is 0. The van der Waals surface area contributed by atoms with Crippen molar-refractivity contribution in [3.8, 4) is 0 Å². The number of halogens is 2. The minimum atomic E-state index is -0.980. The summed E-state index contributed by atoms with van der Waals surface area (Å²) in [7, 11) is 0. The van der Waals surface area contributed by atoms with E-state index in [4.69, 9.17) is 16.7 Å². The number of thioether (sulfide) groups is 1. The fourth-order valence-corrected chi connectivity index (χ4v) is 4.00. The van der Waals surface area contributed by atoms with Gasteiger partial charge in [0.25, 0.3) is 5.91 Å². The lowest BCUT2D eigenvalue weighted by Gasteiger charge is -2.25.